The number of anilines is 2. The first-order valence-electron chi connectivity index (χ1n) is 4.86. The SMILES string of the molecule is CC(C)[C@@H](CO)Nc1cccc(N)c1. The van der Waals surface area contributed by atoms with Crippen LogP contribution in [0.5, 0.6) is 0 Å². The minimum atomic E-state index is 0.0804. The number of benzene rings is 1. The lowest BCUT2D eigenvalue weighted by Gasteiger charge is -2.21. The van der Waals surface area contributed by atoms with Gasteiger partial charge in [0.05, 0.1) is 12.6 Å². The van der Waals surface area contributed by atoms with Gasteiger partial charge in [0.1, 0.15) is 0 Å². The molecule has 0 aliphatic carbocycles. The van der Waals surface area contributed by atoms with Gasteiger partial charge in [-0.3, -0.25) is 0 Å². The van der Waals surface area contributed by atoms with Crippen molar-refractivity contribution in [1.82, 2.24) is 0 Å². The summed E-state index contributed by atoms with van der Waals surface area (Å²) in [6.07, 6.45) is 0. The summed E-state index contributed by atoms with van der Waals surface area (Å²) < 4.78 is 0. The summed E-state index contributed by atoms with van der Waals surface area (Å²) >= 11 is 0. The summed E-state index contributed by atoms with van der Waals surface area (Å²) in [5.41, 5.74) is 7.34. The third-order valence-corrected chi connectivity index (χ3v) is 2.24. The molecule has 0 heterocycles. The molecule has 0 aliphatic rings. The number of hydrogen-bond donors (Lipinski definition) is 3. The second-order valence-corrected chi connectivity index (χ2v) is 3.80. The highest BCUT2D eigenvalue weighted by Crippen LogP contribution is 2.15. The highest BCUT2D eigenvalue weighted by molar-refractivity contribution is 5.54. The Hall–Kier alpha value is -1.22. The van der Waals surface area contributed by atoms with Crippen LogP contribution in [0, 0.1) is 5.92 Å². The van der Waals surface area contributed by atoms with Crippen molar-refractivity contribution < 1.29 is 5.11 Å². The van der Waals surface area contributed by atoms with Crippen LogP contribution in [-0.2, 0) is 0 Å². The molecule has 0 unspecified atom stereocenters. The van der Waals surface area contributed by atoms with Crippen LogP contribution in [-0.4, -0.2) is 17.8 Å². The van der Waals surface area contributed by atoms with Crippen LogP contribution in [0.15, 0.2) is 24.3 Å². The van der Waals surface area contributed by atoms with Crippen LogP contribution in [0.1, 0.15) is 13.8 Å². The monoisotopic (exact) mass is 194 g/mol. The lowest BCUT2D eigenvalue weighted by molar-refractivity contribution is 0.249. The van der Waals surface area contributed by atoms with E-state index in [1.807, 2.05) is 24.3 Å². The van der Waals surface area contributed by atoms with E-state index in [1.54, 1.807) is 0 Å². The molecular formula is C11H18N2O. The van der Waals surface area contributed by atoms with Gasteiger partial charge in [-0.2, -0.15) is 0 Å². The van der Waals surface area contributed by atoms with E-state index < -0.39 is 0 Å². The molecular weight excluding hydrogens is 176 g/mol. The van der Waals surface area contributed by atoms with Gasteiger partial charge >= 0.3 is 0 Å². The smallest absolute Gasteiger partial charge is 0.0635 e. The molecule has 3 heteroatoms. The van der Waals surface area contributed by atoms with Crippen molar-refractivity contribution in [3.8, 4) is 0 Å². The molecule has 0 amide bonds. The van der Waals surface area contributed by atoms with Gasteiger partial charge in [-0.25, -0.2) is 0 Å². The first kappa shape index (κ1) is 10.9. The van der Waals surface area contributed by atoms with Gasteiger partial charge in [0.15, 0.2) is 0 Å². The van der Waals surface area contributed by atoms with Gasteiger partial charge in [0.2, 0.25) is 0 Å². The highest BCUT2D eigenvalue weighted by atomic mass is 16.3. The molecule has 0 aliphatic heterocycles. The Balaban J connectivity index is 2.67. The molecule has 3 nitrogen and oxygen atoms in total. The van der Waals surface area contributed by atoms with E-state index in [9.17, 15) is 0 Å². The summed E-state index contributed by atoms with van der Waals surface area (Å²) in [6.45, 7) is 4.27. The first-order chi connectivity index (χ1) is 6.63. The molecule has 0 radical (unpaired) electrons. The Kier molecular flexibility index (Phi) is 3.77. The number of nitrogens with one attached hydrogen (secondary N) is 1. The number of nitrogen functional groups attached to an aromatic ring is 1. The minimum absolute atomic E-state index is 0.0804. The van der Waals surface area contributed by atoms with Crippen LogP contribution >= 0.6 is 0 Å². The first-order valence-corrected chi connectivity index (χ1v) is 4.86. The van der Waals surface area contributed by atoms with Crippen LogP contribution < -0.4 is 11.1 Å². The number of nitrogens with two attached hydrogens (primary N) is 1. The van der Waals surface area contributed by atoms with Gasteiger partial charge in [-0.15, -0.1) is 0 Å². The van der Waals surface area contributed by atoms with E-state index in [2.05, 4.69) is 19.2 Å². The Morgan fingerprint density at radius 2 is 2.14 bits per heavy atom. The number of rotatable bonds is 4. The summed E-state index contributed by atoms with van der Waals surface area (Å²) in [6, 6.07) is 7.63. The predicted molar refractivity (Wildman–Crippen MR) is 60.2 cm³/mol. The summed E-state index contributed by atoms with van der Waals surface area (Å²) in [5, 5.41) is 12.4. The van der Waals surface area contributed by atoms with E-state index in [-0.39, 0.29) is 12.6 Å². The fourth-order valence-electron chi connectivity index (χ4n) is 1.27. The van der Waals surface area contributed by atoms with Crippen molar-refractivity contribution in [1.29, 1.82) is 0 Å². The Morgan fingerprint density at radius 1 is 1.43 bits per heavy atom. The number of hydrogen-bond acceptors (Lipinski definition) is 3. The van der Waals surface area contributed by atoms with Crippen molar-refractivity contribution in [2.75, 3.05) is 17.7 Å². The Bertz CT molecular complexity index is 286. The van der Waals surface area contributed by atoms with E-state index >= 15 is 0 Å². The maximum Gasteiger partial charge on any atom is 0.0635 e. The molecule has 0 spiro atoms. The lowest BCUT2D eigenvalue weighted by atomic mass is 10.1. The zero-order valence-corrected chi connectivity index (χ0v) is 8.70. The zero-order valence-electron chi connectivity index (χ0n) is 8.70. The highest BCUT2D eigenvalue weighted by Gasteiger charge is 2.11. The quantitative estimate of drug-likeness (QED) is 0.639. The van der Waals surface area contributed by atoms with Crippen molar-refractivity contribution >= 4 is 11.4 Å². The van der Waals surface area contributed by atoms with Gasteiger partial charge in [0.25, 0.3) is 0 Å². The molecule has 1 atom stereocenters. The Labute approximate surface area is 84.9 Å². The largest absolute Gasteiger partial charge is 0.399 e. The molecule has 14 heavy (non-hydrogen) atoms. The van der Waals surface area contributed by atoms with Crippen LogP contribution in [0.4, 0.5) is 11.4 Å². The Morgan fingerprint density at radius 3 is 2.64 bits per heavy atom. The third kappa shape index (κ3) is 2.92. The normalized spacial score (nSPS) is 12.9. The number of aliphatic hydroxyl groups is 1. The standard InChI is InChI=1S/C11H18N2O/c1-8(2)11(7-14)13-10-5-3-4-9(12)6-10/h3-6,8,11,13-14H,7,12H2,1-2H3/t11-/m1/s1. The van der Waals surface area contributed by atoms with E-state index in [0.29, 0.717) is 5.92 Å². The third-order valence-electron chi connectivity index (χ3n) is 2.24. The maximum absolute atomic E-state index is 9.13. The van der Waals surface area contributed by atoms with Gasteiger partial charge in [-0.1, -0.05) is 19.9 Å². The van der Waals surface area contributed by atoms with Gasteiger partial charge < -0.3 is 16.2 Å². The average Bonchev–Trinajstić information content (AvgIpc) is 2.14. The molecule has 78 valence electrons. The second-order valence-electron chi connectivity index (χ2n) is 3.80. The molecule has 1 aromatic carbocycles. The molecule has 0 bridgehead atoms. The molecule has 1 rings (SSSR count). The van der Waals surface area contributed by atoms with Crippen LogP contribution in [0.2, 0.25) is 0 Å². The van der Waals surface area contributed by atoms with Crippen molar-refractivity contribution in [2.24, 2.45) is 5.92 Å². The topological polar surface area (TPSA) is 58.3 Å². The van der Waals surface area contributed by atoms with Crippen LogP contribution in [0.3, 0.4) is 0 Å². The average molecular weight is 194 g/mol. The fraction of sp³-hybridized carbons (Fsp3) is 0.455. The summed E-state index contributed by atoms with van der Waals surface area (Å²) in [7, 11) is 0. The molecule has 0 aromatic heterocycles. The molecule has 0 saturated heterocycles. The summed E-state index contributed by atoms with van der Waals surface area (Å²) in [5.74, 6) is 0.390. The number of aliphatic hydroxyl groups excluding tert-OH is 1. The second kappa shape index (κ2) is 4.86. The van der Waals surface area contributed by atoms with Crippen molar-refractivity contribution in [3.63, 3.8) is 0 Å². The molecule has 1 aromatic rings. The van der Waals surface area contributed by atoms with Crippen molar-refractivity contribution in [2.45, 2.75) is 19.9 Å². The van der Waals surface area contributed by atoms with Gasteiger partial charge in [-0.05, 0) is 24.1 Å². The predicted octanol–water partition coefficient (Wildman–Crippen LogP) is 1.70. The van der Waals surface area contributed by atoms with Crippen molar-refractivity contribution in [3.05, 3.63) is 24.3 Å². The molecule has 0 fully saturated rings. The van der Waals surface area contributed by atoms with E-state index in [1.165, 1.54) is 0 Å². The molecule has 4 N–H and O–H groups in total. The van der Waals surface area contributed by atoms with Gasteiger partial charge in [0, 0.05) is 11.4 Å². The fourth-order valence-corrected chi connectivity index (χ4v) is 1.27. The summed E-state index contributed by atoms with van der Waals surface area (Å²) in [4.78, 5) is 0. The van der Waals surface area contributed by atoms with Crippen LogP contribution in [0.25, 0.3) is 0 Å². The molecule has 0 saturated carbocycles. The lowest BCUT2D eigenvalue weighted by Crippen LogP contribution is -2.29. The van der Waals surface area contributed by atoms with E-state index in [4.69, 9.17) is 10.8 Å². The minimum Gasteiger partial charge on any atom is -0.399 e. The van der Waals surface area contributed by atoms with E-state index in [0.717, 1.165) is 11.4 Å². The maximum atomic E-state index is 9.13. The zero-order chi connectivity index (χ0) is 10.6.